The molecule has 2 heterocycles. The van der Waals surface area contributed by atoms with E-state index in [1.807, 2.05) is 22.9 Å². The van der Waals surface area contributed by atoms with Gasteiger partial charge in [0.05, 0.1) is 10.5 Å². The average Bonchev–Trinajstić information content (AvgIpc) is 2.68. The molecule has 1 aromatic carbocycles. The van der Waals surface area contributed by atoms with Gasteiger partial charge in [-0.15, -0.1) is 0 Å². The van der Waals surface area contributed by atoms with Gasteiger partial charge in [-0.3, -0.25) is 0 Å². The first kappa shape index (κ1) is 10.7. The molecular formula is C12H15ClN4. The van der Waals surface area contributed by atoms with Crippen molar-refractivity contribution in [2.75, 3.05) is 23.8 Å². The third-order valence-electron chi connectivity index (χ3n) is 3.25. The zero-order chi connectivity index (χ0) is 11.8. The molecule has 0 radical (unpaired) electrons. The quantitative estimate of drug-likeness (QED) is 0.846. The van der Waals surface area contributed by atoms with E-state index in [1.165, 1.54) is 19.3 Å². The van der Waals surface area contributed by atoms with Crippen LogP contribution in [0.5, 0.6) is 0 Å². The molecule has 0 saturated carbocycles. The van der Waals surface area contributed by atoms with Crippen LogP contribution in [-0.4, -0.2) is 22.7 Å². The van der Waals surface area contributed by atoms with Crippen molar-refractivity contribution in [3.05, 3.63) is 23.2 Å². The fourth-order valence-corrected chi connectivity index (χ4v) is 2.66. The molecule has 5 heteroatoms. The van der Waals surface area contributed by atoms with Crippen LogP contribution in [0, 0.1) is 0 Å². The summed E-state index contributed by atoms with van der Waals surface area (Å²) < 4.78 is 2.00. The first-order chi connectivity index (χ1) is 8.27. The highest BCUT2D eigenvalue weighted by Gasteiger charge is 2.17. The van der Waals surface area contributed by atoms with Crippen LogP contribution in [0.1, 0.15) is 19.3 Å². The van der Waals surface area contributed by atoms with Crippen LogP contribution in [0.3, 0.4) is 0 Å². The van der Waals surface area contributed by atoms with Gasteiger partial charge in [-0.05, 0) is 31.4 Å². The lowest BCUT2D eigenvalue weighted by molar-refractivity contribution is 0.489. The Balaban J connectivity index is 2.14. The Hall–Kier alpha value is -1.42. The van der Waals surface area contributed by atoms with Crippen molar-refractivity contribution in [3.63, 3.8) is 0 Å². The van der Waals surface area contributed by atoms with Crippen LogP contribution in [0.25, 0.3) is 11.0 Å². The maximum Gasteiger partial charge on any atom is 0.220 e. The number of halogens is 1. The van der Waals surface area contributed by atoms with E-state index in [0.717, 1.165) is 24.1 Å². The summed E-state index contributed by atoms with van der Waals surface area (Å²) in [6.45, 7) is 2.06. The molecule has 1 aliphatic heterocycles. The van der Waals surface area contributed by atoms with Gasteiger partial charge in [-0.1, -0.05) is 17.7 Å². The molecule has 2 N–H and O–H groups in total. The number of rotatable bonds is 1. The molecule has 0 bridgehead atoms. The number of imidazole rings is 1. The number of aromatic nitrogens is 2. The minimum Gasteiger partial charge on any atom is -0.368 e. The van der Waals surface area contributed by atoms with Crippen molar-refractivity contribution < 1.29 is 0 Å². The molecule has 0 amide bonds. The molecule has 1 fully saturated rings. The maximum atomic E-state index is 6.13. The Morgan fingerprint density at radius 3 is 2.71 bits per heavy atom. The number of hydrogen-bond donors (Lipinski definition) is 1. The van der Waals surface area contributed by atoms with E-state index in [4.69, 9.17) is 17.3 Å². The van der Waals surface area contributed by atoms with Gasteiger partial charge in [0.15, 0.2) is 0 Å². The Morgan fingerprint density at radius 2 is 1.94 bits per heavy atom. The monoisotopic (exact) mass is 250 g/mol. The van der Waals surface area contributed by atoms with Crippen LogP contribution in [0.4, 0.5) is 5.95 Å². The lowest BCUT2D eigenvalue weighted by atomic mass is 10.2. The summed E-state index contributed by atoms with van der Waals surface area (Å²) in [4.78, 5) is 4.35. The number of para-hydroxylation sites is 1. The van der Waals surface area contributed by atoms with E-state index in [9.17, 15) is 0 Å². The van der Waals surface area contributed by atoms with E-state index in [1.54, 1.807) is 0 Å². The molecule has 4 nitrogen and oxygen atoms in total. The molecule has 17 heavy (non-hydrogen) atoms. The first-order valence-corrected chi connectivity index (χ1v) is 6.33. The summed E-state index contributed by atoms with van der Waals surface area (Å²) in [5.41, 5.74) is 7.79. The maximum absolute atomic E-state index is 6.13. The first-order valence-electron chi connectivity index (χ1n) is 5.95. The van der Waals surface area contributed by atoms with Gasteiger partial charge >= 0.3 is 0 Å². The molecule has 0 spiro atoms. The second-order valence-electron chi connectivity index (χ2n) is 4.40. The van der Waals surface area contributed by atoms with Gasteiger partial charge < -0.3 is 10.7 Å². The molecular weight excluding hydrogens is 236 g/mol. The number of nitrogens with two attached hydrogens (primary N) is 1. The predicted octanol–water partition coefficient (Wildman–Crippen LogP) is 2.39. The van der Waals surface area contributed by atoms with E-state index >= 15 is 0 Å². The van der Waals surface area contributed by atoms with Crippen LogP contribution in [0.2, 0.25) is 5.02 Å². The van der Waals surface area contributed by atoms with E-state index in [0.29, 0.717) is 11.0 Å². The minimum atomic E-state index is 0.523. The van der Waals surface area contributed by atoms with Crippen LogP contribution in [-0.2, 0) is 0 Å². The third kappa shape index (κ3) is 1.72. The molecule has 0 unspecified atom stereocenters. The van der Waals surface area contributed by atoms with Gasteiger partial charge in [0.1, 0.15) is 5.52 Å². The second-order valence-corrected chi connectivity index (χ2v) is 4.81. The predicted molar refractivity (Wildman–Crippen MR) is 71.0 cm³/mol. The molecule has 0 atom stereocenters. The van der Waals surface area contributed by atoms with Crippen molar-refractivity contribution in [3.8, 4) is 0 Å². The van der Waals surface area contributed by atoms with Gasteiger partial charge in [0.2, 0.25) is 5.95 Å². The number of nitrogens with zero attached hydrogens (tertiary/aromatic N) is 3. The SMILES string of the molecule is Nc1nc2c(Cl)cccc2n1N1CCCCC1. The van der Waals surface area contributed by atoms with Crippen molar-refractivity contribution in [1.82, 2.24) is 9.66 Å². The number of fused-ring (bicyclic) bond motifs is 1. The summed E-state index contributed by atoms with van der Waals surface area (Å²) >= 11 is 6.13. The summed E-state index contributed by atoms with van der Waals surface area (Å²) in [6.07, 6.45) is 3.71. The smallest absolute Gasteiger partial charge is 0.220 e. The lowest BCUT2D eigenvalue weighted by Crippen LogP contribution is -2.39. The number of piperidine rings is 1. The van der Waals surface area contributed by atoms with E-state index in [2.05, 4.69) is 9.99 Å². The lowest BCUT2D eigenvalue weighted by Gasteiger charge is -2.30. The Labute approximate surface area is 105 Å². The average molecular weight is 251 g/mol. The third-order valence-corrected chi connectivity index (χ3v) is 3.56. The molecule has 0 aliphatic carbocycles. The molecule has 1 aliphatic rings. The zero-order valence-electron chi connectivity index (χ0n) is 9.56. The van der Waals surface area contributed by atoms with Crippen LogP contribution >= 0.6 is 11.6 Å². The topological polar surface area (TPSA) is 47.1 Å². The highest BCUT2D eigenvalue weighted by atomic mass is 35.5. The van der Waals surface area contributed by atoms with Crippen molar-refractivity contribution in [2.24, 2.45) is 0 Å². The van der Waals surface area contributed by atoms with Crippen LogP contribution in [0.15, 0.2) is 18.2 Å². The molecule has 3 rings (SSSR count). The minimum absolute atomic E-state index is 0.523. The Bertz CT molecular complexity index is 543. The number of benzene rings is 1. The second kappa shape index (κ2) is 4.11. The van der Waals surface area contributed by atoms with Gasteiger partial charge in [0.25, 0.3) is 0 Å². The molecule has 2 aromatic rings. The van der Waals surface area contributed by atoms with Gasteiger partial charge in [-0.2, -0.15) is 0 Å². The highest BCUT2D eigenvalue weighted by molar-refractivity contribution is 6.35. The zero-order valence-corrected chi connectivity index (χ0v) is 10.3. The Morgan fingerprint density at radius 1 is 1.18 bits per heavy atom. The van der Waals surface area contributed by atoms with Crippen molar-refractivity contribution >= 4 is 28.6 Å². The summed E-state index contributed by atoms with van der Waals surface area (Å²) in [7, 11) is 0. The van der Waals surface area contributed by atoms with E-state index in [-0.39, 0.29) is 0 Å². The number of anilines is 1. The van der Waals surface area contributed by atoms with Crippen molar-refractivity contribution in [2.45, 2.75) is 19.3 Å². The fraction of sp³-hybridized carbons (Fsp3) is 0.417. The van der Waals surface area contributed by atoms with Gasteiger partial charge in [0, 0.05) is 13.1 Å². The number of hydrogen-bond acceptors (Lipinski definition) is 3. The summed E-state index contributed by atoms with van der Waals surface area (Å²) in [6, 6.07) is 5.79. The van der Waals surface area contributed by atoms with Crippen molar-refractivity contribution in [1.29, 1.82) is 0 Å². The standard InChI is InChI=1S/C12H15ClN4/c13-9-5-4-6-10-11(9)15-12(14)17(10)16-7-2-1-3-8-16/h4-6H,1-3,7-8H2,(H2,14,15). The normalized spacial score (nSPS) is 16.6. The highest BCUT2D eigenvalue weighted by Crippen LogP contribution is 2.26. The molecule has 1 saturated heterocycles. The molecule has 90 valence electrons. The Kier molecular flexibility index (Phi) is 2.59. The fourth-order valence-electron chi connectivity index (χ4n) is 2.45. The summed E-state index contributed by atoms with van der Waals surface area (Å²) in [5.74, 6) is 0.523. The summed E-state index contributed by atoms with van der Waals surface area (Å²) in [5, 5.41) is 2.91. The number of nitrogen functional groups attached to an aromatic ring is 1. The molecule has 1 aromatic heterocycles. The largest absolute Gasteiger partial charge is 0.368 e. The van der Waals surface area contributed by atoms with Crippen LogP contribution < -0.4 is 10.7 Å². The van der Waals surface area contributed by atoms with Gasteiger partial charge in [-0.25, -0.2) is 9.66 Å². The van der Waals surface area contributed by atoms with E-state index < -0.39 is 0 Å².